The number of carbonyl (C=O) groups is 2. The summed E-state index contributed by atoms with van der Waals surface area (Å²) in [4.78, 5) is 32.1. The van der Waals surface area contributed by atoms with Crippen LogP contribution in [0.2, 0.25) is 0 Å². The van der Waals surface area contributed by atoms with Crippen LogP contribution in [0.15, 0.2) is 48.5 Å². The number of aryl methyl sites for hydroxylation is 1. The molecule has 2 aliphatic rings. The number of hydrogen-bond donors (Lipinski definition) is 1. The van der Waals surface area contributed by atoms with Gasteiger partial charge in [0.05, 0.1) is 6.54 Å². The lowest BCUT2D eigenvalue weighted by molar-refractivity contribution is -0.134. The molecule has 6 heteroatoms. The number of benzene rings is 2. The van der Waals surface area contributed by atoms with E-state index in [1.165, 1.54) is 11.1 Å². The molecule has 2 saturated heterocycles. The Kier molecular flexibility index (Phi) is 7.22. The molecule has 2 fully saturated rings. The van der Waals surface area contributed by atoms with E-state index in [0.29, 0.717) is 12.1 Å². The van der Waals surface area contributed by atoms with Gasteiger partial charge in [0, 0.05) is 44.2 Å². The van der Waals surface area contributed by atoms with E-state index < -0.39 is 0 Å². The molecular weight excluding hydrogens is 402 g/mol. The summed E-state index contributed by atoms with van der Waals surface area (Å²) in [5.41, 5.74) is 3.33. The molecule has 32 heavy (non-hydrogen) atoms. The molecule has 2 aromatic rings. The van der Waals surface area contributed by atoms with Crippen molar-refractivity contribution in [2.45, 2.75) is 26.3 Å². The summed E-state index contributed by atoms with van der Waals surface area (Å²) in [6.07, 6.45) is 1.55. The summed E-state index contributed by atoms with van der Waals surface area (Å²) in [5.74, 6) is 0.506. The lowest BCUT2D eigenvalue weighted by Gasteiger charge is -2.37. The van der Waals surface area contributed by atoms with Gasteiger partial charge >= 0.3 is 0 Å². The third-order valence-electron chi connectivity index (χ3n) is 6.85. The van der Waals surface area contributed by atoms with Crippen LogP contribution in [0.5, 0.6) is 5.75 Å². The zero-order chi connectivity index (χ0) is 22.5. The molecule has 0 saturated carbocycles. The van der Waals surface area contributed by atoms with E-state index in [4.69, 9.17) is 0 Å². The number of piperazine rings is 1. The Morgan fingerprint density at radius 1 is 0.875 bits per heavy atom. The summed E-state index contributed by atoms with van der Waals surface area (Å²) >= 11 is 0. The lowest BCUT2D eigenvalue weighted by Crippen LogP contribution is -2.51. The van der Waals surface area contributed by atoms with Gasteiger partial charge in [-0.15, -0.1) is 0 Å². The number of hydrogen-bond acceptors (Lipinski definition) is 5. The standard InChI is InChI=1S/C26H33N3O3/c1-20-4-2-3-5-23(20)18-28-14-16-29(17-15-28)25(31)19-27-12-10-22(11-13-27)26(32)21-6-8-24(30)9-7-21/h2-9,22,30H,10-19H2,1H3. The molecule has 0 aliphatic carbocycles. The van der Waals surface area contributed by atoms with E-state index in [1.54, 1.807) is 24.3 Å². The van der Waals surface area contributed by atoms with Crippen molar-refractivity contribution in [1.82, 2.24) is 14.7 Å². The van der Waals surface area contributed by atoms with Crippen LogP contribution in [0.3, 0.4) is 0 Å². The van der Waals surface area contributed by atoms with Gasteiger partial charge < -0.3 is 10.0 Å². The Morgan fingerprint density at radius 2 is 1.53 bits per heavy atom. The number of amides is 1. The topological polar surface area (TPSA) is 64.1 Å². The maximum atomic E-state index is 12.8. The molecule has 170 valence electrons. The number of Topliss-reactive ketones (excluding diaryl/α,β-unsaturated/α-hetero) is 1. The Labute approximate surface area is 190 Å². The first-order valence-corrected chi connectivity index (χ1v) is 11.6. The molecule has 1 N–H and O–H groups in total. The van der Waals surface area contributed by atoms with Crippen LogP contribution < -0.4 is 0 Å². The minimum absolute atomic E-state index is 0.00381. The Hall–Kier alpha value is -2.70. The van der Waals surface area contributed by atoms with E-state index in [0.717, 1.165) is 58.7 Å². The smallest absolute Gasteiger partial charge is 0.236 e. The molecule has 0 spiro atoms. The fraction of sp³-hybridized carbons (Fsp3) is 0.462. The van der Waals surface area contributed by atoms with Crippen molar-refractivity contribution < 1.29 is 14.7 Å². The molecule has 0 atom stereocenters. The Morgan fingerprint density at radius 3 is 2.19 bits per heavy atom. The molecule has 0 unspecified atom stereocenters. The second-order valence-corrected chi connectivity index (χ2v) is 9.04. The van der Waals surface area contributed by atoms with Gasteiger partial charge in [-0.05, 0) is 68.2 Å². The third-order valence-corrected chi connectivity index (χ3v) is 6.85. The number of nitrogens with zero attached hydrogens (tertiary/aromatic N) is 3. The number of carbonyl (C=O) groups excluding carboxylic acids is 2. The van der Waals surface area contributed by atoms with Crippen molar-refractivity contribution in [3.8, 4) is 5.75 Å². The first-order valence-electron chi connectivity index (χ1n) is 11.6. The van der Waals surface area contributed by atoms with Crippen LogP contribution in [0.25, 0.3) is 0 Å². The molecule has 6 nitrogen and oxygen atoms in total. The number of likely N-dealkylation sites (tertiary alicyclic amines) is 1. The van der Waals surface area contributed by atoms with Gasteiger partial charge in [0.25, 0.3) is 0 Å². The lowest BCUT2D eigenvalue weighted by atomic mass is 9.89. The molecular formula is C26H33N3O3. The Bertz CT molecular complexity index is 928. The van der Waals surface area contributed by atoms with Crippen LogP contribution in [0.4, 0.5) is 0 Å². The molecule has 2 aliphatic heterocycles. The summed E-state index contributed by atoms with van der Waals surface area (Å²) in [5, 5.41) is 9.41. The summed E-state index contributed by atoms with van der Waals surface area (Å²) in [7, 11) is 0. The van der Waals surface area contributed by atoms with Crippen LogP contribution in [-0.2, 0) is 11.3 Å². The van der Waals surface area contributed by atoms with Crippen molar-refractivity contribution in [1.29, 1.82) is 0 Å². The molecule has 4 rings (SSSR count). The zero-order valence-electron chi connectivity index (χ0n) is 18.9. The Balaban J connectivity index is 1.20. The van der Waals surface area contributed by atoms with Gasteiger partial charge in [-0.1, -0.05) is 24.3 Å². The number of piperidine rings is 1. The minimum Gasteiger partial charge on any atom is -0.508 e. The van der Waals surface area contributed by atoms with Gasteiger partial charge in [0.1, 0.15) is 5.75 Å². The number of aromatic hydroxyl groups is 1. The number of phenolic OH excluding ortho intramolecular Hbond substituents is 1. The molecule has 1 amide bonds. The van der Waals surface area contributed by atoms with Crippen molar-refractivity contribution in [2.24, 2.45) is 5.92 Å². The van der Waals surface area contributed by atoms with Crippen molar-refractivity contribution in [3.63, 3.8) is 0 Å². The largest absolute Gasteiger partial charge is 0.508 e. The second-order valence-electron chi connectivity index (χ2n) is 9.04. The van der Waals surface area contributed by atoms with Crippen LogP contribution in [0.1, 0.15) is 34.3 Å². The summed E-state index contributed by atoms with van der Waals surface area (Å²) < 4.78 is 0. The average molecular weight is 436 g/mol. The first-order chi connectivity index (χ1) is 15.5. The van der Waals surface area contributed by atoms with E-state index >= 15 is 0 Å². The van der Waals surface area contributed by atoms with E-state index in [9.17, 15) is 14.7 Å². The maximum absolute atomic E-state index is 12.8. The predicted octanol–water partition coefficient (Wildman–Crippen LogP) is 2.94. The SMILES string of the molecule is Cc1ccccc1CN1CCN(C(=O)CN2CCC(C(=O)c3ccc(O)cc3)CC2)CC1. The number of phenols is 1. The second kappa shape index (κ2) is 10.3. The molecule has 2 heterocycles. The average Bonchev–Trinajstić information content (AvgIpc) is 2.81. The highest BCUT2D eigenvalue weighted by Gasteiger charge is 2.28. The van der Waals surface area contributed by atoms with E-state index in [-0.39, 0.29) is 23.4 Å². The van der Waals surface area contributed by atoms with E-state index in [1.807, 2.05) is 4.90 Å². The van der Waals surface area contributed by atoms with Crippen LogP contribution in [0, 0.1) is 12.8 Å². The highest BCUT2D eigenvalue weighted by Crippen LogP contribution is 2.23. The van der Waals surface area contributed by atoms with Crippen molar-refractivity contribution >= 4 is 11.7 Å². The van der Waals surface area contributed by atoms with Crippen molar-refractivity contribution in [3.05, 3.63) is 65.2 Å². The highest BCUT2D eigenvalue weighted by molar-refractivity contribution is 5.98. The minimum atomic E-state index is -0.00381. The van der Waals surface area contributed by atoms with Gasteiger partial charge in [-0.3, -0.25) is 19.4 Å². The monoisotopic (exact) mass is 435 g/mol. The molecule has 0 bridgehead atoms. The van der Waals surface area contributed by atoms with Gasteiger partial charge in [-0.25, -0.2) is 0 Å². The number of ketones is 1. The fourth-order valence-corrected chi connectivity index (χ4v) is 4.69. The van der Waals surface area contributed by atoms with Crippen LogP contribution in [-0.4, -0.2) is 77.3 Å². The van der Waals surface area contributed by atoms with Gasteiger partial charge in [-0.2, -0.15) is 0 Å². The summed E-state index contributed by atoms with van der Waals surface area (Å²) in [6, 6.07) is 15.0. The van der Waals surface area contributed by atoms with Crippen LogP contribution >= 0.6 is 0 Å². The zero-order valence-corrected chi connectivity index (χ0v) is 18.9. The normalized spacial score (nSPS) is 18.6. The summed E-state index contributed by atoms with van der Waals surface area (Å²) in [6.45, 7) is 8.44. The van der Waals surface area contributed by atoms with Crippen molar-refractivity contribution in [2.75, 3.05) is 45.8 Å². The van der Waals surface area contributed by atoms with Gasteiger partial charge in [0.2, 0.25) is 5.91 Å². The number of rotatable bonds is 6. The molecule has 2 aromatic carbocycles. The third kappa shape index (κ3) is 5.56. The molecule has 0 radical (unpaired) electrons. The molecule has 0 aromatic heterocycles. The predicted molar refractivity (Wildman–Crippen MR) is 125 cm³/mol. The van der Waals surface area contributed by atoms with Gasteiger partial charge in [0.15, 0.2) is 5.78 Å². The first kappa shape index (κ1) is 22.5. The fourth-order valence-electron chi connectivity index (χ4n) is 4.69. The quantitative estimate of drug-likeness (QED) is 0.707. The van der Waals surface area contributed by atoms with E-state index in [2.05, 4.69) is 41.0 Å². The highest BCUT2D eigenvalue weighted by atomic mass is 16.3. The maximum Gasteiger partial charge on any atom is 0.236 e.